The predicted molar refractivity (Wildman–Crippen MR) is 70.3 cm³/mol. The van der Waals surface area contributed by atoms with Crippen LogP contribution >= 0.6 is 11.8 Å². The number of nitrogens with zero attached hydrogens (tertiary/aromatic N) is 1. The third kappa shape index (κ3) is 3.06. The van der Waals surface area contributed by atoms with Gasteiger partial charge in [0.15, 0.2) is 5.84 Å². The zero-order valence-corrected chi connectivity index (χ0v) is 11.2. The van der Waals surface area contributed by atoms with E-state index in [2.05, 4.69) is 10.5 Å². The van der Waals surface area contributed by atoms with Crippen LogP contribution in [-0.2, 0) is 4.79 Å². The number of oxime groups is 1. The Kier molecular flexibility index (Phi) is 5.11. The van der Waals surface area contributed by atoms with Gasteiger partial charge in [0.25, 0.3) is 0 Å². The molecular formula is C11H21N3O2S. The van der Waals surface area contributed by atoms with E-state index in [1.807, 2.05) is 13.8 Å². The molecule has 1 saturated heterocycles. The van der Waals surface area contributed by atoms with E-state index >= 15 is 0 Å². The summed E-state index contributed by atoms with van der Waals surface area (Å²) in [5, 5.41) is 14.8. The Hall–Kier alpha value is -0.910. The minimum atomic E-state index is -0.713. The number of hydrogen-bond donors (Lipinski definition) is 3. The summed E-state index contributed by atoms with van der Waals surface area (Å²) in [5.74, 6) is 1.12. The Balaban J connectivity index is 2.75. The van der Waals surface area contributed by atoms with Crippen LogP contribution in [0.3, 0.4) is 0 Å². The summed E-state index contributed by atoms with van der Waals surface area (Å²) in [4.78, 5) is 12.1. The van der Waals surface area contributed by atoms with E-state index in [1.54, 1.807) is 11.8 Å². The van der Waals surface area contributed by atoms with Crippen molar-refractivity contribution in [2.75, 3.05) is 5.75 Å². The molecule has 1 fully saturated rings. The largest absolute Gasteiger partial charge is 0.409 e. The number of nitrogens with one attached hydrogen (secondary N) is 1. The Labute approximate surface area is 106 Å². The summed E-state index contributed by atoms with van der Waals surface area (Å²) in [6, 6.07) is 0. The van der Waals surface area contributed by atoms with E-state index in [1.165, 1.54) is 0 Å². The molecule has 0 bridgehead atoms. The van der Waals surface area contributed by atoms with E-state index in [9.17, 15) is 4.79 Å². The number of amides is 1. The molecule has 1 amide bonds. The quantitative estimate of drug-likeness (QED) is 0.300. The molecule has 17 heavy (non-hydrogen) atoms. The van der Waals surface area contributed by atoms with Crippen LogP contribution in [0.25, 0.3) is 0 Å². The lowest BCUT2D eigenvalue weighted by Crippen LogP contribution is -2.58. The summed E-state index contributed by atoms with van der Waals surface area (Å²) >= 11 is 1.68. The van der Waals surface area contributed by atoms with Crippen molar-refractivity contribution in [3.8, 4) is 0 Å². The van der Waals surface area contributed by atoms with Crippen molar-refractivity contribution < 1.29 is 10.0 Å². The second-order valence-corrected chi connectivity index (χ2v) is 5.58. The zero-order chi connectivity index (χ0) is 12.9. The minimum Gasteiger partial charge on any atom is -0.409 e. The molecule has 1 atom stereocenters. The molecule has 4 N–H and O–H groups in total. The number of amidine groups is 1. The number of nitrogens with two attached hydrogens (primary N) is 1. The summed E-state index contributed by atoms with van der Waals surface area (Å²) < 4.78 is 0. The van der Waals surface area contributed by atoms with Gasteiger partial charge in [-0.3, -0.25) is 4.79 Å². The van der Waals surface area contributed by atoms with Gasteiger partial charge in [0, 0.05) is 0 Å². The molecule has 1 unspecified atom stereocenters. The Morgan fingerprint density at radius 1 is 1.59 bits per heavy atom. The molecule has 1 rings (SSSR count). The maximum Gasteiger partial charge on any atom is 0.233 e. The molecule has 0 aliphatic carbocycles. The van der Waals surface area contributed by atoms with E-state index in [0.29, 0.717) is 12.8 Å². The van der Waals surface area contributed by atoms with E-state index < -0.39 is 5.54 Å². The zero-order valence-electron chi connectivity index (χ0n) is 10.4. The van der Waals surface area contributed by atoms with Gasteiger partial charge in [-0.25, -0.2) is 0 Å². The fourth-order valence-electron chi connectivity index (χ4n) is 2.05. The number of hydrogen-bond acceptors (Lipinski definition) is 4. The maximum absolute atomic E-state index is 12.1. The highest BCUT2D eigenvalue weighted by Gasteiger charge is 2.36. The average Bonchev–Trinajstić information content (AvgIpc) is 2.88. The van der Waals surface area contributed by atoms with Crippen LogP contribution < -0.4 is 11.1 Å². The highest BCUT2D eigenvalue weighted by atomic mass is 32.2. The molecule has 0 aromatic rings. The first kappa shape index (κ1) is 14.2. The van der Waals surface area contributed by atoms with E-state index in [-0.39, 0.29) is 17.0 Å². The fraction of sp³-hybridized carbons (Fsp3) is 0.818. The van der Waals surface area contributed by atoms with Gasteiger partial charge in [-0.05, 0) is 31.4 Å². The van der Waals surface area contributed by atoms with Crippen molar-refractivity contribution in [1.82, 2.24) is 5.32 Å². The second kappa shape index (κ2) is 6.14. The lowest BCUT2D eigenvalue weighted by atomic mass is 9.91. The van der Waals surface area contributed by atoms with Gasteiger partial charge in [-0.2, -0.15) is 0 Å². The van der Waals surface area contributed by atoms with Crippen LogP contribution in [-0.4, -0.2) is 33.5 Å². The standard InChI is InChI=1S/C11H21N3O2S/c1-3-11(4-2,10(12)14-16)13-9(15)8-6-5-7-17-8/h8,16H,3-7H2,1-2H3,(H2,12,14)(H,13,15). The van der Waals surface area contributed by atoms with Gasteiger partial charge < -0.3 is 16.3 Å². The van der Waals surface area contributed by atoms with Crippen molar-refractivity contribution in [2.45, 2.75) is 50.3 Å². The molecule has 0 aromatic carbocycles. The first-order valence-electron chi connectivity index (χ1n) is 6.01. The van der Waals surface area contributed by atoms with Crippen molar-refractivity contribution in [1.29, 1.82) is 0 Å². The minimum absolute atomic E-state index is 0.00259. The summed E-state index contributed by atoms with van der Waals surface area (Å²) in [6.07, 6.45) is 3.22. The molecule has 0 aromatic heterocycles. The SMILES string of the molecule is CCC(CC)(NC(=O)C1CCCS1)/C(N)=N/O. The molecule has 0 saturated carbocycles. The van der Waals surface area contributed by atoms with Crippen LogP contribution in [0.1, 0.15) is 39.5 Å². The van der Waals surface area contributed by atoms with Crippen molar-refractivity contribution in [3.05, 3.63) is 0 Å². The van der Waals surface area contributed by atoms with Crippen molar-refractivity contribution in [2.24, 2.45) is 10.9 Å². The van der Waals surface area contributed by atoms with Crippen LogP contribution in [0.15, 0.2) is 5.16 Å². The summed E-state index contributed by atoms with van der Waals surface area (Å²) in [7, 11) is 0. The molecule has 6 heteroatoms. The van der Waals surface area contributed by atoms with Gasteiger partial charge in [0.05, 0.1) is 5.25 Å². The highest BCUT2D eigenvalue weighted by molar-refractivity contribution is 8.00. The van der Waals surface area contributed by atoms with Crippen LogP contribution in [0, 0.1) is 0 Å². The number of carbonyl (C=O) groups excluding carboxylic acids is 1. The third-order valence-electron chi connectivity index (χ3n) is 3.39. The van der Waals surface area contributed by atoms with Gasteiger partial charge in [0.1, 0.15) is 5.54 Å². The lowest BCUT2D eigenvalue weighted by Gasteiger charge is -2.32. The Morgan fingerprint density at radius 2 is 2.24 bits per heavy atom. The first-order chi connectivity index (χ1) is 8.09. The van der Waals surface area contributed by atoms with Crippen molar-refractivity contribution in [3.63, 3.8) is 0 Å². The van der Waals surface area contributed by atoms with Gasteiger partial charge in [0.2, 0.25) is 5.91 Å². The van der Waals surface area contributed by atoms with E-state index in [4.69, 9.17) is 10.9 Å². The smallest absolute Gasteiger partial charge is 0.233 e. The van der Waals surface area contributed by atoms with Crippen molar-refractivity contribution >= 4 is 23.5 Å². The molecule has 98 valence electrons. The topological polar surface area (TPSA) is 87.7 Å². The number of rotatable bonds is 5. The molecule has 0 radical (unpaired) electrons. The lowest BCUT2D eigenvalue weighted by molar-refractivity contribution is -0.121. The third-order valence-corrected chi connectivity index (χ3v) is 4.77. The van der Waals surface area contributed by atoms with Gasteiger partial charge in [-0.15, -0.1) is 11.8 Å². The molecular weight excluding hydrogens is 238 g/mol. The number of thioether (sulfide) groups is 1. The van der Waals surface area contributed by atoms with Crippen LogP contribution in [0.4, 0.5) is 0 Å². The molecule has 1 aliphatic rings. The summed E-state index contributed by atoms with van der Waals surface area (Å²) in [6.45, 7) is 3.84. The normalized spacial score (nSPS) is 21.5. The second-order valence-electron chi connectivity index (χ2n) is 4.27. The van der Waals surface area contributed by atoms with Crippen LogP contribution in [0.5, 0.6) is 0 Å². The summed E-state index contributed by atoms with van der Waals surface area (Å²) in [5.41, 5.74) is 4.99. The molecule has 1 aliphatic heterocycles. The number of carbonyl (C=O) groups is 1. The fourth-order valence-corrected chi connectivity index (χ4v) is 3.21. The maximum atomic E-state index is 12.1. The predicted octanol–water partition coefficient (Wildman–Crippen LogP) is 1.30. The highest BCUT2D eigenvalue weighted by Crippen LogP contribution is 2.27. The molecule has 5 nitrogen and oxygen atoms in total. The van der Waals surface area contributed by atoms with E-state index in [0.717, 1.165) is 18.6 Å². The first-order valence-corrected chi connectivity index (χ1v) is 7.06. The van der Waals surface area contributed by atoms with Gasteiger partial charge in [-0.1, -0.05) is 19.0 Å². The average molecular weight is 259 g/mol. The molecule has 1 heterocycles. The Morgan fingerprint density at radius 3 is 2.65 bits per heavy atom. The molecule has 0 spiro atoms. The van der Waals surface area contributed by atoms with Gasteiger partial charge >= 0.3 is 0 Å². The monoisotopic (exact) mass is 259 g/mol. The Bertz CT molecular complexity index is 297. The van der Waals surface area contributed by atoms with Crippen LogP contribution in [0.2, 0.25) is 0 Å².